The van der Waals surface area contributed by atoms with Crippen LogP contribution in [0.3, 0.4) is 0 Å². The van der Waals surface area contributed by atoms with Gasteiger partial charge >= 0.3 is 5.97 Å². The van der Waals surface area contributed by atoms with Crippen LogP contribution < -0.4 is 0 Å². The van der Waals surface area contributed by atoms with Gasteiger partial charge in [-0.15, -0.1) is 0 Å². The number of esters is 1. The number of nitrogens with zero attached hydrogens (tertiary/aromatic N) is 4. The van der Waals surface area contributed by atoms with Crippen LogP contribution in [0.4, 0.5) is 0 Å². The number of carbonyl (C=O) groups is 1. The molecule has 0 aliphatic heterocycles. The van der Waals surface area contributed by atoms with Crippen LogP contribution in [0, 0.1) is 0 Å². The molecule has 0 amide bonds. The zero-order valence-corrected chi connectivity index (χ0v) is 23.0. The Morgan fingerprint density at radius 3 is 2.16 bits per heavy atom. The topological polar surface area (TPSA) is 69.9 Å². The molecule has 5 aromatic rings. The van der Waals surface area contributed by atoms with Crippen molar-refractivity contribution in [2.45, 2.75) is 39.3 Å². The van der Waals surface area contributed by atoms with Gasteiger partial charge in [-0.05, 0) is 81.8 Å². The second-order valence-corrected chi connectivity index (χ2v) is 11.0. The van der Waals surface area contributed by atoms with Crippen molar-refractivity contribution in [1.29, 1.82) is 0 Å². The van der Waals surface area contributed by atoms with Crippen LogP contribution in [0.1, 0.15) is 49.7 Å². The Morgan fingerprint density at radius 1 is 0.842 bits per heavy atom. The molecule has 0 aliphatic rings. The normalized spacial score (nSPS) is 12.5. The molecule has 0 saturated carbocycles. The Bertz CT molecular complexity index is 1620. The number of aromatic nitrogens is 4. The number of ether oxygens (including phenoxy) is 1. The quantitative estimate of drug-likeness (QED) is 0.209. The average Bonchev–Trinajstić information content (AvgIpc) is 3.32. The predicted octanol–water partition coefficient (Wildman–Crippen LogP) is 8.03. The molecule has 0 N–H and O–H groups in total. The van der Waals surface area contributed by atoms with E-state index in [0.29, 0.717) is 15.6 Å². The van der Waals surface area contributed by atoms with Gasteiger partial charge in [-0.1, -0.05) is 41.4 Å². The lowest BCUT2D eigenvalue weighted by molar-refractivity contribution is 0.00695. The van der Waals surface area contributed by atoms with Gasteiger partial charge in [-0.25, -0.2) is 4.79 Å². The van der Waals surface area contributed by atoms with E-state index in [1.807, 2.05) is 74.0 Å². The minimum Gasteiger partial charge on any atom is -0.456 e. The largest absolute Gasteiger partial charge is 0.456 e. The fourth-order valence-corrected chi connectivity index (χ4v) is 4.77. The van der Waals surface area contributed by atoms with Crippen LogP contribution in [0.25, 0.3) is 33.5 Å². The number of benzene rings is 3. The number of hydrogen-bond acceptors (Lipinski definition) is 5. The first-order chi connectivity index (χ1) is 18.1. The molecule has 6 nitrogen and oxygen atoms in total. The first kappa shape index (κ1) is 25.9. The molecule has 0 bridgehead atoms. The van der Waals surface area contributed by atoms with Crippen LogP contribution >= 0.6 is 23.2 Å². The molecule has 0 radical (unpaired) electrons. The van der Waals surface area contributed by atoms with Gasteiger partial charge in [0.1, 0.15) is 5.60 Å². The first-order valence-corrected chi connectivity index (χ1v) is 12.9. The van der Waals surface area contributed by atoms with Gasteiger partial charge in [-0.3, -0.25) is 14.6 Å². The lowest BCUT2D eigenvalue weighted by Crippen LogP contribution is -2.23. The maximum atomic E-state index is 12.5. The van der Waals surface area contributed by atoms with E-state index >= 15 is 0 Å². The van der Waals surface area contributed by atoms with E-state index in [9.17, 15) is 4.79 Å². The van der Waals surface area contributed by atoms with Gasteiger partial charge in [0.25, 0.3) is 0 Å². The maximum absolute atomic E-state index is 12.5. The molecule has 192 valence electrons. The summed E-state index contributed by atoms with van der Waals surface area (Å²) in [5.41, 5.74) is 5.92. The van der Waals surface area contributed by atoms with Crippen LogP contribution in [-0.4, -0.2) is 31.3 Å². The van der Waals surface area contributed by atoms with Gasteiger partial charge < -0.3 is 4.74 Å². The fourth-order valence-electron chi connectivity index (χ4n) is 4.25. The van der Waals surface area contributed by atoms with E-state index in [4.69, 9.17) is 33.0 Å². The smallest absolute Gasteiger partial charge is 0.338 e. The van der Waals surface area contributed by atoms with Crippen LogP contribution in [0.2, 0.25) is 10.0 Å². The molecule has 0 spiro atoms. The molecule has 3 aromatic carbocycles. The lowest BCUT2D eigenvalue weighted by atomic mass is 10.0. The molecule has 0 aliphatic carbocycles. The Balaban J connectivity index is 1.57. The van der Waals surface area contributed by atoms with E-state index < -0.39 is 5.60 Å². The fraction of sp³-hybridized carbons (Fsp3) is 0.200. The number of fused-ring (bicyclic) bond motifs is 1. The number of rotatable bonds is 5. The van der Waals surface area contributed by atoms with Crippen LogP contribution in [-0.2, 0) is 4.74 Å². The monoisotopic (exact) mass is 544 g/mol. The summed E-state index contributed by atoms with van der Waals surface area (Å²) in [7, 11) is 0. The summed E-state index contributed by atoms with van der Waals surface area (Å²) < 4.78 is 7.47. The third kappa shape index (κ3) is 5.57. The van der Waals surface area contributed by atoms with E-state index in [1.165, 1.54) is 0 Å². The summed E-state index contributed by atoms with van der Waals surface area (Å²) >= 11 is 12.6. The minimum atomic E-state index is -0.559. The first-order valence-electron chi connectivity index (χ1n) is 12.2. The molecule has 2 heterocycles. The maximum Gasteiger partial charge on any atom is 0.338 e. The molecule has 1 unspecified atom stereocenters. The summed E-state index contributed by atoms with van der Waals surface area (Å²) in [5.74, 6) is -0.353. The molecule has 5 rings (SSSR count). The predicted molar refractivity (Wildman–Crippen MR) is 152 cm³/mol. The molecular formula is C30H26Cl2N4O2. The second kappa shape index (κ2) is 10.2. The zero-order valence-electron chi connectivity index (χ0n) is 21.4. The lowest BCUT2D eigenvalue weighted by Gasteiger charge is -2.20. The highest BCUT2D eigenvalue weighted by Crippen LogP contribution is 2.34. The van der Waals surface area contributed by atoms with Crippen molar-refractivity contribution in [2.24, 2.45) is 0 Å². The van der Waals surface area contributed by atoms with Gasteiger partial charge in [-0.2, -0.15) is 5.10 Å². The molecular weight excluding hydrogens is 519 g/mol. The van der Waals surface area contributed by atoms with E-state index in [-0.39, 0.29) is 12.0 Å². The zero-order chi connectivity index (χ0) is 27.0. The van der Waals surface area contributed by atoms with Crippen molar-refractivity contribution in [2.75, 3.05) is 0 Å². The molecule has 0 fully saturated rings. The SMILES string of the molecule is CC(c1ccc(C(=O)OC(C)(C)C)cc1)n1nc(-c2cc(Cl)cc(Cl)c2)cc1-c1ccc2nccnc2c1. The average molecular weight is 545 g/mol. The molecule has 8 heteroatoms. The van der Waals surface area contributed by atoms with E-state index in [1.54, 1.807) is 30.6 Å². The van der Waals surface area contributed by atoms with Crippen molar-refractivity contribution in [3.05, 3.63) is 100 Å². The van der Waals surface area contributed by atoms with Crippen molar-refractivity contribution < 1.29 is 9.53 Å². The summed E-state index contributed by atoms with van der Waals surface area (Å²) in [6, 6.07) is 20.6. The molecule has 0 saturated heterocycles. The second-order valence-electron chi connectivity index (χ2n) is 10.1. The number of halogens is 2. The third-order valence-electron chi connectivity index (χ3n) is 6.05. The van der Waals surface area contributed by atoms with Crippen molar-refractivity contribution in [3.8, 4) is 22.5 Å². The Kier molecular flexibility index (Phi) is 6.95. The summed E-state index contributed by atoms with van der Waals surface area (Å²) in [5, 5.41) is 6.05. The van der Waals surface area contributed by atoms with Crippen LogP contribution in [0.15, 0.2) is 79.1 Å². The van der Waals surface area contributed by atoms with Crippen molar-refractivity contribution in [3.63, 3.8) is 0 Å². The van der Waals surface area contributed by atoms with Crippen molar-refractivity contribution >= 4 is 40.2 Å². The van der Waals surface area contributed by atoms with E-state index in [2.05, 4.69) is 16.9 Å². The molecule has 1 atom stereocenters. The summed E-state index contributed by atoms with van der Waals surface area (Å²) in [6.45, 7) is 7.62. The Hall–Kier alpha value is -3.74. The number of carbonyl (C=O) groups excluding carboxylic acids is 1. The molecule has 2 aromatic heterocycles. The highest BCUT2D eigenvalue weighted by atomic mass is 35.5. The summed E-state index contributed by atoms with van der Waals surface area (Å²) in [4.78, 5) is 21.4. The van der Waals surface area contributed by atoms with Crippen LogP contribution in [0.5, 0.6) is 0 Å². The minimum absolute atomic E-state index is 0.154. The summed E-state index contributed by atoms with van der Waals surface area (Å²) in [6.07, 6.45) is 3.36. The standard InChI is InChI=1S/C30H26Cl2N4O2/c1-18(19-5-7-20(8-6-19)29(37)38-30(2,3)4)36-28(21-9-10-25-27(15-21)34-12-11-33-25)17-26(35-36)22-13-23(31)16-24(32)14-22/h5-18H,1-4H3. The molecule has 38 heavy (non-hydrogen) atoms. The third-order valence-corrected chi connectivity index (χ3v) is 6.49. The van der Waals surface area contributed by atoms with Gasteiger partial charge in [0, 0.05) is 33.6 Å². The van der Waals surface area contributed by atoms with Gasteiger partial charge in [0.2, 0.25) is 0 Å². The highest BCUT2D eigenvalue weighted by Gasteiger charge is 2.21. The Morgan fingerprint density at radius 2 is 1.50 bits per heavy atom. The van der Waals surface area contributed by atoms with E-state index in [0.717, 1.165) is 39.1 Å². The Labute approximate surface area is 231 Å². The highest BCUT2D eigenvalue weighted by molar-refractivity contribution is 6.35. The number of hydrogen-bond donors (Lipinski definition) is 0. The van der Waals surface area contributed by atoms with Crippen molar-refractivity contribution in [1.82, 2.24) is 19.7 Å². The van der Waals surface area contributed by atoms with Gasteiger partial charge in [0.05, 0.1) is 34.0 Å². The van der Waals surface area contributed by atoms with Gasteiger partial charge in [0.15, 0.2) is 0 Å².